The second kappa shape index (κ2) is 10.9. The lowest BCUT2D eigenvalue weighted by Crippen LogP contribution is -2.27. The molecule has 0 fully saturated rings. The van der Waals surface area contributed by atoms with Crippen LogP contribution in [0.5, 0.6) is 0 Å². The van der Waals surface area contributed by atoms with Gasteiger partial charge in [-0.25, -0.2) is 13.8 Å². The van der Waals surface area contributed by atoms with Crippen LogP contribution >= 0.6 is 0 Å². The Kier molecular flexibility index (Phi) is 7.48. The molecule has 0 spiro atoms. The number of halogens is 2. The lowest BCUT2D eigenvalue weighted by atomic mass is 10.0. The molecule has 4 rings (SSSR count). The fourth-order valence-corrected chi connectivity index (χ4v) is 3.93. The van der Waals surface area contributed by atoms with Crippen LogP contribution in [0.3, 0.4) is 0 Å². The zero-order valence-electron chi connectivity index (χ0n) is 19.6. The summed E-state index contributed by atoms with van der Waals surface area (Å²) in [4.78, 5) is 29.2. The molecule has 1 heterocycles. The van der Waals surface area contributed by atoms with Crippen molar-refractivity contribution in [1.29, 1.82) is 0 Å². The minimum Gasteiger partial charge on any atom is -0.364 e. The topological polar surface area (TPSA) is 97.2 Å². The molecule has 1 amide bonds. The molecule has 0 aliphatic rings. The number of benzene rings is 3. The van der Waals surface area contributed by atoms with Gasteiger partial charge in [0.15, 0.2) is 0 Å². The van der Waals surface area contributed by atoms with Gasteiger partial charge in [0.1, 0.15) is 17.2 Å². The third-order valence-corrected chi connectivity index (χ3v) is 5.76. The number of pyridine rings is 1. The van der Waals surface area contributed by atoms with E-state index >= 15 is 0 Å². The van der Waals surface area contributed by atoms with E-state index in [0.717, 1.165) is 16.7 Å². The molecule has 7 nitrogen and oxygen atoms in total. The molecule has 0 bridgehead atoms. The molecular formula is C27H24F2N4O3. The van der Waals surface area contributed by atoms with Gasteiger partial charge < -0.3 is 10.6 Å². The van der Waals surface area contributed by atoms with Crippen molar-refractivity contribution < 1.29 is 18.5 Å². The quantitative estimate of drug-likeness (QED) is 0.243. The monoisotopic (exact) mass is 490 g/mol. The molecule has 0 aliphatic carbocycles. The Bertz CT molecular complexity index is 1410. The van der Waals surface area contributed by atoms with E-state index in [4.69, 9.17) is 0 Å². The van der Waals surface area contributed by atoms with Crippen LogP contribution in [0, 0.1) is 28.7 Å². The number of carbonyl (C=O) groups is 1. The number of aryl methyl sites for hydroxylation is 1. The number of hydrogen-bond acceptors (Lipinski definition) is 5. The van der Waals surface area contributed by atoms with Crippen molar-refractivity contribution in [2.75, 3.05) is 18.4 Å². The Morgan fingerprint density at radius 2 is 1.50 bits per heavy atom. The third kappa shape index (κ3) is 5.80. The van der Waals surface area contributed by atoms with Gasteiger partial charge in [-0.05, 0) is 67.3 Å². The highest BCUT2D eigenvalue weighted by molar-refractivity contribution is 6.11. The molecule has 3 aromatic carbocycles. The van der Waals surface area contributed by atoms with Crippen molar-refractivity contribution in [3.05, 3.63) is 111 Å². The van der Waals surface area contributed by atoms with Crippen molar-refractivity contribution in [2.45, 2.75) is 19.8 Å². The molecule has 0 aliphatic heterocycles. The number of aromatic nitrogens is 1. The highest BCUT2D eigenvalue weighted by atomic mass is 19.1. The number of carbonyl (C=O) groups excluding carboxylic acids is 1. The third-order valence-electron chi connectivity index (χ3n) is 5.76. The van der Waals surface area contributed by atoms with Crippen molar-refractivity contribution in [2.24, 2.45) is 0 Å². The SMILES string of the molecule is Cc1ccc2nc(NCCc3ccc(F)cc3)c([N+](=O)[O-])c(C(=O)NCCc3ccc(F)cc3)c2c1. The van der Waals surface area contributed by atoms with Gasteiger partial charge in [0.2, 0.25) is 5.82 Å². The average molecular weight is 491 g/mol. The summed E-state index contributed by atoms with van der Waals surface area (Å²) in [6, 6.07) is 17.1. The number of nitrogens with one attached hydrogen (secondary N) is 2. The van der Waals surface area contributed by atoms with Crippen molar-refractivity contribution in [3.63, 3.8) is 0 Å². The van der Waals surface area contributed by atoms with E-state index in [2.05, 4.69) is 15.6 Å². The smallest absolute Gasteiger partial charge is 0.324 e. The lowest BCUT2D eigenvalue weighted by Gasteiger charge is -2.13. The van der Waals surface area contributed by atoms with Crippen LogP contribution in [0.1, 0.15) is 27.0 Å². The molecule has 0 unspecified atom stereocenters. The predicted molar refractivity (Wildman–Crippen MR) is 134 cm³/mol. The number of anilines is 1. The normalized spacial score (nSPS) is 10.9. The minimum atomic E-state index is -0.607. The molecule has 0 saturated heterocycles. The summed E-state index contributed by atoms with van der Waals surface area (Å²) >= 11 is 0. The van der Waals surface area contributed by atoms with Gasteiger partial charge in [-0.2, -0.15) is 0 Å². The number of hydrogen-bond donors (Lipinski definition) is 2. The highest BCUT2D eigenvalue weighted by Crippen LogP contribution is 2.33. The minimum absolute atomic E-state index is 0.0119. The van der Waals surface area contributed by atoms with E-state index in [9.17, 15) is 23.7 Å². The molecule has 184 valence electrons. The summed E-state index contributed by atoms with van der Waals surface area (Å²) in [5.74, 6) is -1.30. The summed E-state index contributed by atoms with van der Waals surface area (Å²) in [6.07, 6.45) is 0.912. The van der Waals surface area contributed by atoms with Crippen molar-refractivity contribution in [3.8, 4) is 0 Å². The maximum atomic E-state index is 13.3. The number of amides is 1. The summed E-state index contributed by atoms with van der Waals surface area (Å²) < 4.78 is 26.3. The number of nitro groups is 1. The zero-order chi connectivity index (χ0) is 25.7. The van der Waals surface area contributed by atoms with Gasteiger partial charge in [-0.1, -0.05) is 35.9 Å². The van der Waals surface area contributed by atoms with E-state index in [1.54, 1.807) is 36.4 Å². The average Bonchev–Trinajstić information content (AvgIpc) is 2.85. The predicted octanol–water partition coefficient (Wildman–Crippen LogP) is 5.36. The summed E-state index contributed by atoms with van der Waals surface area (Å²) in [5, 5.41) is 18.3. The standard InChI is InChI=1S/C27H24F2N4O3/c1-17-2-11-23-22(16-17)24(27(34)31-15-13-19-5-9-21(29)10-6-19)25(33(35)36)26(32-23)30-14-12-18-3-7-20(28)8-4-18/h2-11,16H,12-15H2,1H3,(H,30,32)(H,31,34). The maximum absolute atomic E-state index is 13.3. The van der Waals surface area contributed by atoms with Gasteiger partial charge in [0.05, 0.1) is 10.4 Å². The summed E-state index contributed by atoms with van der Waals surface area (Å²) in [7, 11) is 0. The van der Waals surface area contributed by atoms with Crippen LogP contribution in [-0.2, 0) is 12.8 Å². The summed E-state index contributed by atoms with van der Waals surface area (Å²) in [6.45, 7) is 2.34. The first kappa shape index (κ1) is 24.7. The molecule has 0 saturated carbocycles. The van der Waals surface area contributed by atoms with E-state index in [-0.39, 0.29) is 29.6 Å². The number of rotatable bonds is 9. The van der Waals surface area contributed by atoms with Crippen LogP contribution < -0.4 is 10.6 Å². The first-order valence-electron chi connectivity index (χ1n) is 11.4. The number of fused-ring (bicyclic) bond motifs is 1. The fourth-order valence-electron chi connectivity index (χ4n) is 3.93. The van der Waals surface area contributed by atoms with E-state index in [1.165, 1.54) is 24.3 Å². The first-order chi connectivity index (χ1) is 17.3. The van der Waals surface area contributed by atoms with Crippen LogP contribution in [0.4, 0.5) is 20.3 Å². The molecule has 4 aromatic rings. The largest absolute Gasteiger partial charge is 0.364 e. The highest BCUT2D eigenvalue weighted by Gasteiger charge is 2.29. The van der Waals surface area contributed by atoms with Crippen LogP contribution in [-0.4, -0.2) is 28.9 Å². The van der Waals surface area contributed by atoms with Crippen LogP contribution in [0.25, 0.3) is 10.9 Å². The van der Waals surface area contributed by atoms with Gasteiger partial charge in [0.25, 0.3) is 5.91 Å². The van der Waals surface area contributed by atoms with E-state index in [1.807, 2.05) is 13.0 Å². The second-order valence-electron chi connectivity index (χ2n) is 8.40. The lowest BCUT2D eigenvalue weighted by molar-refractivity contribution is -0.384. The van der Waals surface area contributed by atoms with E-state index < -0.39 is 16.5 Å². The Balaban J connectivity index is 1.61. The van der Waals surface area contributed by atoms with Gasteiger partial charge in [-0.3, -0.25) is 14.9 Å². The van der Waals surface area contributed by atoms with E-state index in [0.29, 0.717) is 30.3 Å². The Hall–Kier alpha value is -4.40. The molecule has 1 aromatic heterocycles. The summed E-state index contributed by atoms with van der Waals surface area (Å²) in [5.41, 5.74) is 2.46. The first-order valence-corrected chi connectivity index (χ1v) is 11.4. The molecule has 9 heteroatoms. The van der Waals surface area contributed by atoms with Crippen LogP contribution in [0.15, 0.2) is 66.7 Å². The molecule has 0 atom stereocenters. The van der Waals surface area contributed by atoms with Gasteiger partial charge >= 0.3 is 5.69 Å². The van der Waals surface area contributed by atoms with Gasteiger partial charge in [0, 0.05) is 18.5 Å². The number of nitrogens with zero attached hydrogens (tertiary/aromatic N) is 2. The molecule has 2 N–H and O–H groups in total. The van der Waals surface area contributed by atoms with Crippen molar-refractivity contribution in [1.82, 2.24) is 10.3 Å². The van der Waals surface area contributed by atoms with Gasteiger partial charge in [-0.15, -0.1) is 0 Å². The second-order valence-corrected chi connectivity index (χ2v) is 8.40. The molecule has 36 heavy (non-hydrogen) atoms. The molecule has 0 radical (unpaired) electrons. The molecular weight excluding hydrogens is 466 g/mol. The zero-order valence-corrected chi connectivity index (χ0v) is 19.6. The maximum Gasteiger partial charge on any atom is 0.324 e. The van der Waals surface area contributed by atoms with Crippen LogP contribution in [0.2, 0.25) is 0 Å². The van der Waals surface area contributed by atoms with Crippen molar-refractivity contribution >= 4 is 28.3 Å². The Morgan fingerprint density at radius 3 is 2.08 bits per heavy atom. The fraction of sp³-hybridized carbons (Fsp3) is 0.185. The Labute approximate surface area is 206 Å². The Morgan fingerprint density at radius 1 is 0.917 bits per heavy atom.